The molecule has 1 saturated carbocycles. The van der Waals surface area contributed by atoms with Crippen LogP contribution in [0, 0.1) is 0 Å². The lowest BCUT2D eigenvalue weighted by Gasteiger charge is -2.41. The molecule has 1 saturated heterocycles. The summed E-state index contributed by atoms with van der Waals surface area (Å²) in [6, 6.07) is 15.6. The Labute approximate surface area is 357 Å². The predicted octanol–water partition coefficient (Wildman–Crippen LogP) is 5.80. The van der Waals surface area contributed by atoms with Crippen LogP contribution in [-0.2, 0) is 54.2 Å². The lowest BCUT2D eigenvalue weighted by molar-refractivity contribution is -0.134. The van der Waals surface area contributed by atoms with Crippen LogP contribution in [0.3, 0.4) is 0 Å². The summed E-state index contributed by atoms with van der Waals surface area (Å²) in [5.74, 6) is -0.0959. The SMILES string of the molecule is C=CCn1c(=O)c2cnc(Nc3ccc4c(c3)CCN([C@H]3CC[C@H](N5Cc6ccc7c(C8CCC(=O)NC8=O)noc7c6C5)CC3)C4)nc2n1-c1ccc2c(n1)[C@@](O)(CC)CC2. The molecule has 15 nitrogen and oxygen atoms in total. The van der Waals surface area contributed by atoms with Crippen LogP contribution in [0.15, 0.2) is 70.6 Å². The zero-order valence-electron chi connectivity index (χ0n) is 34.9. The van der Waals surface area contributed by atoms with Crippen molar-refractivity contribution in [2.45, 2.75) is 121 Å². The number of carbonyl (C=O) groups is 2. The van der Waals surface area contributed by atoms with Crippen LogP contribution in [0.4, 0.5) is 11.6 Å². The maximum absolute atomic E-state index is 13.6. The number of benzene rings is 2. The highest BCUT2D eigenvalue weighted by Gasteiger charge is 2.38. The summed E-state index contributed by atoms with van der Waals surface area (Å²) >= 11 is 0. The van der Waals surface area contributed by atoms with E-state index in [1.807, 2.05) is 25.1 Å². The van der Waals surface area contributed by atoms with E-state index >= 15 is 0 Å². The van der Waals surface area contributed by atoms with Crippen molar-refractivity contribution in [1.29, 1.82) is 0 Å². The minimum absolute atomic E-state index is 0.232. The number of aliphatic hydroxyl groups is 1. The molecule has 3 aliphatic heterocycles. The molecule has 318 valence electrons. The highest BCUT2D eigenvalue weighted by Crippen LogP contribution is 2.41. The van der Waals surface area contributed by atoms with Gasteiger partial charge in [0.2, 0.25) is 17.8 Å². The second kappa shape index (κ2) is 15.1. The minimum Gasteiger partial charge on any atom is -0.384 e. The first-order valence-corrected chi connectivity index (χ1v) is 22.1. The molecule has 11 rings (SSSR count). The molecule has 2 fully saturated rings. The molecule has 2 atom stereocenters. The Hall–Kier alpha value is -6.03. The zero-order valence-corrected chi connectivity index (χ0v) is 34.9. The molecule has 6 aromatic rings. The molecule has 2 aromatic carbocycles. The predicted molar refractivity (Wildman–Crippen MR) is 232 cm³/mol. The number of amides is 2. The van der Waals surface area contributed by atoms with Gasteiger partial charge in [-0.15, -0.1) is 6.58 Å². The fourth-order valence-corrected chi connectivity index (χ4v) is 10.9. The summed E-state index contributed by atoms with van der Waals surface area (Å²) in [5.41, 5.74) is 8.29. The number of imide groups is 1. The molecule has 1 unspecified atom stereocenters. The zero-order chi connectivity index (χ0) is 42.3. The van der Waals surface area contributed by atoms with Gasteiger partial charge >= 0.3 is 0 Å². The first-order valence-electron chi connectivity index (χ1n) is 22.1. The normalized spacial score (nSPS) is 24.0. The molecule has 62 heavy (non-hydrogen) atoms. The van der Waals surface area contributed by atoms with Crippen LogP contribution in [-0.4, -0.2) is 74.8 Å². The molecule has 0 bridgehead atoms. The van der Waals surface area contributed by atoms with Gasteiger partial charge in [0.1, 0.15) is 16.7 Å². The fourth-order valence-electron chi connectivity index (χ4n) is 10.9. The number of anilines is 2. The Morgan fingerprint density at radius 3 is 2.50 bits per heavy atom. The number of allylic oxidation sites excluding steroid dienone is 1. The summed E-state index contributed by atoms with van der Waals surface area (Å²) in [6.45, 7) is 9.74. The number of aryl methyl sites for hydroxylation is 1. The van der Waals surface area contributed by atoms with E-state index in [1.165, 1.54) is 22.3 Å². The number of nitrogens with one attached hydrogen (secondary N) is 2. The number of carbonyl (C=O) groups excluding carboxylic acids is 2. The third-order valence-corrected chi connectivity index (χ3v) is 14.4. The maximum Gasteiger partial charge on any atom is 0.278 e. The molecule has 4 aromatic heterocycles. The fraction of sp³-hybridized carbons (Fsp3) is 0.426. The van der Waals surface area contributed by atoms with E-state index in [0.717, 1.165) is 86.9 Å². The maximum atomic E-state index is 13.6. The topological polar surface area (TPSA) is 177 Å². The van der Waals surface area contributed by atoms with Gasteiger partial charge in [-0.3, -0.25) is 29.5 Å². The standard InChI is InChI=1S/C47H50N10O5/c1-3-20-56-45(60)36-23-48-46(52-43(36)57(56)38-15-7-27-17-19-47(61,4-2)42(27)50-38)49-31-8-5-29-24-54(21-18-28(29)22-31)32-9-11-33(12-10-32)55-25-30-6-13-34-40(53-62-41(34)37(30)26-55)35-14-16-39(58)51-44(35)59/h3,5-8,13,15,22-23,32-33,35,61H,1,4,9-12,14,16-21,24-26H2,2H3,(H,48,49,52)(H,51,58,59)/t32-,33-,35?,47-/m1/s1. The van der Waals surface area contributed by atoms with Crippen molar-refractivity contribution in [3.63, 3.8) is 0 Å². The molecular weight excluding hydrogens is 785 g/mol. The minimum atomic E-state index is -0.992. The van der Waals surface area contributed by atoms with Gasteiger partial charge in [-0.05, 0) is 104 Å². The number of nitrogens with zero attached hydrogens (tertiary/aromatic N) is 8. The number of fused-ring (bicyclic) bond motifs is 6. The van der Waals surface area contributed by atoms with Crippen molar-refractivity contribution in [2.75, 3.05) is 11.9 Å². The monoisotopic (exact) mass is 834 g/mol. The highest BCUT2D eigenvalue weighted by molar-refractivity contribution is 6.02. The number of piperidine rings is 1. The summed E-state index contributed by atoms with van der Waals surface area (Å²) in [6.07, 6.45) is 11.5. The molecule has 3 N–H and O–H groups in total. The molecule has 15 heteroatoms. The number of hydrogen-bond acceptors (Lipinski definition) is 12. The van der Waals surface area contributed by atoms with Gasteiger partial charge in [-0.2, -0.15) is 4.98 Å². The molecular formula is C47H50N10O5. The molecule has 2 amide bonds. The van der Waals surface area contributed by atoms with Gasteiger partial charge in [0, 0.05) is 67.5 Å². The first-order chi connectivity index (χ1) is 30.2. The van der Waals surface area contributed by atoms with Crippen molar-refractivity contribution in [3.8, 4) is 5.82 Å². The van der Waals surface area contributed by atoms with Crippen LogP contribution in [0.5, 0.6) is 0 Å². The van der Waals surface area contributed by atoms with Crippen LogP contribution in [0.25, 0.3) is 27.8 Å². The van der Waals surface area contributed by atoms with Crippen molar-refractivity contribution in [3.05, 3.63) is 111 Å². The van der Waals surface area contributed by atoms with E-state index in [9.17, 15) is 19.5 Å². The third kappa shape index (κ3) is 6.47. The average Bonchev–Trinajstić information content (AvgIpc) is 4.06. The van der Waals surface area contributed by atoms with Crippen LogP contribution in [0.2, 0.25) is 0 Å². The van der Waals surface area contributed by atoms with E-state index in [1.54, 1.807) is 21.6 Å². The van der Waals surface area contributed by atoms with Gasteiger partial charge in [-0.1, -0.05) is 36.4 Å². The van der Waals surface area contributed by atoms with E-state index < -0.39 is 11.5 Å². The van der Waals surface area contributed by atoms with Gasteiger partial charge in [0.25, 0.3) is 5.56 Å². The molecule has 2 aliphatic carbocycles. The Morgan fingerprint density at radius 1 is 0.903 bits per heavy atom. The second-order valence-electron chi connectivity index (χ2n) is 17.8. The van der Waals surface area contributed by atoms with Crippen LogP contribution < -0.4 is 16.2 Å². The quantitative estimate of drug-likeness (QED) is 0.118. The Kier molecular flexibility index (Phi) is 9.47. The first kappa shape index (κ1) is 38.9. The van der Waals surface area contributed by atoms with Crippen molar-refractivity contribution in [1.82, 2.24) is 44.6 Å². The van der Waals surface area contributed by atoms with Gasteiger partial charge < -0.3 is 14.9 Å². The van der Waals surface area contributed by atoms with Gasteiger partial charge in [0.05, 0.1) is 18.2 Å². The van der Waals surface area contributed by atoms with Crippen LogP contribution in [0.1, 0.15) is 103 Å². The Bertz CT molecular complexity index is 2870. The largest absolute Gasteiger partial charge is 0.384 e. The molecule has 7 heterocycles. The van der Waals surface area contributed by atoms with E-state index in [2.05, 4.69) is 61.4 Å². The number of hydrogen-bond donors (Lipinski definition) is 3. The summed E-state index contributed by atoms with van der Waals surface area (Å²) in [5, 5.41) is 22.8. The van der Waals surface area contributed by atoms with E-state index in [-0.39, 0.29) is 23.9 Å². The number of pyridine rings is 1. The number of rotatable bonds is 9. The summed E-state index contributed by atoms with van der Waals surface area (Å²) in [4.78, 5) is 57.5. The Morgan fingerprint density at radius 2 is 1.69 bits per heavy atom. The van der Waals surface area contributed by atoms with Gasteiger partial charge in [-0.25, -0.2) is 19.3 Å². The number of aromatic nitrogens is 6. The molecule has 5 aliphatic rings. The molecule has 0 spiro atoms. The smallest absolute Gasteiger partial charge is 0.278 e. The third-order valence-electron chi connectivity index (χ3n) is 14.4. The van der Waals surface area contributed by atoms with Crippen LogP contribution >= 0.6 is 0 Å². The van der Waals surface area contributed by atoms with Crippen molar-refractivity contribution >= 4 is 45.5 Å². The second-order valence-corrected chi connectivity index (χ2v) is 17.8. The summed E-state index contributed by atoms with van der Waals surface area (Å²) < 4.78 is 9.18. The van der Waals surface area contributed by atoms with Gasteiger partial charge in [0.15, 0.2) is 17.0 Å². The van der Waals surface area contributed by atoms with E-state index in [0.29, 0.717) is 72.0 Å². The van der Waals surface area contributed by atoms with Crippen molar-refractivity contribution < 1.29 is 19.2 Å². The molecule has 0 radical (unpaired) electrons. The van der Waals surface area contributed by atoms with Crippen molar-refractivity contribution in [2.24, 2.45) is 0 Å². The van der Waals surface area contributed by atoms with E-state index in [4.69, 9.17) is 14.5 Å². The average molecular weight is 835 g/mol. The summed E-state index contributed by atoms with van der Waals surface area (Å²) in [7, 11) is 0. The Balaban J connectivity index is 0.749. The lowest BCUT2D eigenvalue weighted by atomic mass is 9.87. The highest BCUT2D eigenvalue weighted by atomic mass is 16.5. The lowest BCUT2D eigenvalue weighted by Crippen LogP contribution is -2.44.